The van der Waals surface area contributed by atoms with Gasteiger partial charge in [0.2, 0.25) is 0 Å². The molecule has 0 heterocycles. The Morgan fingerprint density at radius 1 is 0.708 bits per heavy atom. The third kappa shape index (κ3) is 5.11. The van der Waals surface area contributed by atoms with Gasteiger partial charge in [0.1, 0.15) is 11.5 Å². The summed E-state index contributed by atoms with van der Waals surface area (Å²) in [6, 6.07) is 28.3. The van der Waals surface area contributed by atoms with Gasteiger partial charge in [0.05, 0.1) is 0 Å². The van der Waals surface area contributed by atoms with E-state index in [0.717, 1.165) is 24.6 Å². The molecular weight excluding hydrogens is 294 g/mol. The lowest BCUT2D eigenvalue weighted by Gasteiger charge is -2.07. The Morgan fingerprint density at radius 3 is 2.04 bits per heavy atom. The Hall–Kier alpha value is -2.84. The summed E-state index contributed by atoms with van der Waals surface area (Å²) in [6.45, 7) is 1.68. The fourth-order valence-electron chi connectivity index (χ4n) is 2.36. The monoisotopic (exact) mass is 315 g/mol. The van der Waals surface area contributed by atoms with Crippen LogP contribution in [0.2, 0.25) is 0 Å². The Bertz CT molecular complexity index is 749. The summed E-state index contributed by atoms with van der Waals surface area (Å²) in [4.78, 5) is 0. The van der Waals surface area contributed by atoms with Crippen molar-refractivity contribution in [3.63, 3.8) is 0 Å². The molecule has 3 aromatic rings. The van der Waals surface area contributed by atoms with Gasteiger partial charge < -0.3 is 10.1 Å². The topological polar surface area (TPSA) is 21.3 Å². The third-order valence-corrected chi connectivity index (χ3v) is 3.60. The number of hydrogen-bond acceptors (Lipinski definition) is 2. The smallest absolute Gasteiger partial charge is 0.127 e. The minimum Gasteiger partial charge on any atom is -0.457 e. The molecule has 3 rings (SSSR count). The lowest BCUT2D eigenvalue weighted by molar-refractivity contribution is 0.482. The lowest BCUT2D eigenvalue weighted by Crippen LogP contribution is -2.12. The molecular formula is C22H21NO. The van der Waals surface area contributed by atoms with E-state index in [1.54, 1.807) is 0 Å². The number of hydrogen-bond donors (Lipinski definition) is 1. The normalized spacial score (nSPS) is 10.8. The zero-order chi connectivity index (χ0) is 16.5. The predicted octanol–water partition coefficient (Wildman–Crippen LogP) is 5.28. The summed E-state index contributed by atoms with van der Waals surface area (Å²) in [5.74, 6) is 1.71. The van der Waals surface area contributed by atoms with Gasteiger partial charge in [-0.2, -0.15) is 0 Å². The SMILES string of the molecule is C(=Cc1ccccc1)CNCc1ccc(Oc2ccccc2)cc1. The van der Waals surface area contributed by atoms with E-state index >= 15 is 0 Å². The van der Waals surface area contributed by atoms with Gasteiger partial charge >= 0.3 is 0 Å². The van der Waals surface area contributed by atoms with E-state index in [4.69, 9.17) is 4.74 Å². The Balaban J connectivity index is 1.44. The zero-order valence-corrected chi connectivity index (χ0v) is 13.6. The van der Waals surface area contributed by atoms with Crippen molar-refractivity contribution >= 4 is 6.08 Å². The van der Waals surface area contributed by atoms with Crippen LogP contribution in [0.4, 0.5) is 0 Å². The van der Waals surface area contributed by atoms with Crippen molar-refractivity contribution in [3.05, 3.63) is 102 Å². The van der Waals surface area contributed by atoms with Crippen molar-refractivity contribution in [2.75, 3.05) is 6.54 Å². The number of nitrogens with one attached hydrogen (secondary N) is 1. The molecule has 24 heavy (non-hydrogen) atoms. The molecule has 0 bridgehead atoms. The van der Waals surface area contributed by atoms with Gasteiger partial charge in [0.25, 0.3) is 0 Å². The maximum atomic E-state index is 5.79. The summed E-state index contributed by atoms with van der Waals surface area (Å²) in [6.07, 6.45) is 4.27. The molecule has 120 valence electrons. The molecule has 0 aliphatic rings. The molecule has 2 nitrogen and oxygen atoms in total. The lowest BCUT2D eigenvalue weighted by atomic mass is 10.2. The van der Waals surface area contributed by atoms with Gasteiger partial charge in [-0.25, -0.2) is 0 Å². The Morgan fingerprint density at radius 2 is 1.33 bits per heavy atom. The van der Waals surface area contributed by atoms with Crippen LogP contribution in [-0.2, 0) is 6.54 Å². The van der Waals surface area contributed by atoms with Crippen LogP contribution in [0, 0.1) is 0 Å². The molecule has 0 radical (unpaired) electrons. The molecule has 0 aromatic heterocycles. The second-order valence-electron chi connectivity index (χ2n) is 5.50. The average molecular weight is 315 g/mol. The molecule has 0 aliphatic carbocycles. The maximum Gasteiger partial charge on any atom is 0.127 e. The van der Waals surface area contributed by atoms with Crippen molar-refractivity contribution in [1.29, 1.82) is 0 Å². The molecule has 0 atom stereocenters. The Labute approximate surface area is 143 Å². The highest BCUT2D eigenvalue weighted by Crippen LogP contribution is 2.20. The van der Waals surface area contributed by atoms with Crippen molar-refractivity contribution in [2.24, 2.45) is 0 Å². The van der Waals surface area contributed by atoms with Gasteiger partial charge in [-0.15, -0.1) is 0 Å². The summed E-state index contributed by atoms with van der Waals surface area (Å²) < 4.78 is 5.79. The van der Waals surface area contributed by atoms with Crippen LogP contribution < -0.4 is 10.1 Å². The van der Waals surface area contributed by atoms with Crippen molar-refractivity contribution in [2.45, 2.75) is 6.54 Å². The summed E-state index contributed by atoms with van der Waals surface area (Å²) >= 11 is 0. The van der Waals surface area contributed by atoms with Crippen LogP contribution in [0.1, 0.15) is 11.1 Å². The van der Waals surface area contributed by atoms with E-state index in [2.05, 4.69) is 41.7 Å². The van der Waals surface area contributed by atoms with Crippen LogP contribution in [0.15, 0.2) is 91.0 Å². The summed E-state index contributed by atoms with van der Waals surface area (Å²) in [7, 11) is 0. The van der Waals surface area contributed by atoms with E-state index in [-0.39, 0.29) is 0 Å². The fraction of sp³-hybridized carbons (Fsp3) is 0.0909. The molecule has 0 fully saturated rings. The van der Waals surface area contributed by atoms with Gasteiger partial charge in [0.15, 0.2) is 0 Å². The van der Waals surface area contributed by atoms with Crippen molar-refractivity contribution in [1.82, 2.24) is 5.32 Å². The first-order chi connectivity index (χ1) is 11.9. The van der Waals surface area contributed by atoms with E-state index in [0.29, 0.717) is 0 Å². The van der Waals surface area contributed by atoms with Gasteiger partial charge in [0, 0.05) is 13.1 Å². The van der Waals surface area contributed by atoms with E-state index in [1.807, 2.05) is 60.7 Å². The van der Waals surface area contributed by atoms with Crippen LogP contribution in [0.25, 0.3) is 6.08 Å². The highest BCUT2D eigenvalue weighted by molar-refractivity contribution is 5.48. The quantitative estimate of drug-likeness (QED) is 0.599. The van der Waals surface area contributed by atoms with Gasteiger partial charge in [-0.3, -0.25) is 0 Å². The number of para-hydroxylation sites is 1. The summed E-state index contributed by atoms with van der Waals surface area (Å²) in [5.41, 5.74) is 2.46. The van der Waals surface area contributed by atoms with E-state index in [9.17, 15) is 0 Å². The molecule has 0 aliphatic heterocycles. The first-order valence-electron chi connectivity index (χ1n) is 8.14. The highest BCUT2D eigenvalue weighted by Gasteiger charge is 1.97. The minimum absolute atomic E-state index is 0.838. The molecule has 2 heteroatoms. The van der Waals surface area contributed by atoms with E-state index < -0.39 is 0 Å². The molecule has 0 saturated carbocycles. The van der Waals surface area contributed by atoms with Gasteiger partial charge in [-0.05, 0) is 35.4 Å². The molecule has 0 amide bonds. The second kappa shape index (κ2) is 8.70. The number of benzene rings is 3. The maximum absolute atomic E-state index is 5.79. The Kier molecular flexibility index (Phi) is 5.81. The van der Waals surface area contributed by atoms with Crippen LogP contribution in [0.3, 0.4) is 0 Å². The van der Waals surface area contributed by atoms with Gasteiger partial charge in [-0.1, -0.05) is 72.8 Å². The molecule has 0 unspecified atom stereocenters. The average Bonchev–Trinajstić information content (AvgIpc) is 2.65. The van der Waals surface area contributed by atoms with Crippen molar-refractivity contribution in [3.8, 4) is 11.5 Å². The van der Waals surface area contributed by atoms with Crippen LogP contribution >= 0.6 is 0 Å². The predicted molar refractivity (Wildman–Crippen MR) is 100 cm³/mol. The van der Waals surface area contributed by atoms with E-state index in [1.165, 1.54) is 11.1 Å². The first kappa shape index (κ1) is 16.0. The number of rotatable bonds is 7. The highest BCUT2D eigenvalue weighted by atomic mass is 16.5. The first-order valence-corrected chi connectivity index (χ1v) is 8.14. The summed E-state index contributed by atoms with van der Waals surface area (Å²) in [5, 5.41) is 3.41. The second-order valence-corrected chi connectivity index (χ2v) is 5.50. The van der Waals surface area contributed by atoms with Crippen molar-refractivity contribution < 1.29 is 4.74 Å². The number of ether oxygens (including phenoxy) is 1. The molecule has 1 N–H and O–H groups in total. The fourth-order valence-corrected chi connectivity index (χ4v) is 2.36. The zero-order valence-electron chi connectivity index (χ0n) is 13.6. The van der Waals surface area contributed by atoms with Crippen LogP contribution in [-0.4, -0.2) is 6.54 Å². The molecule has 0 saturated heterocycles. The third-order valence-electron chi connectivity index (χ3n) is 3.60. The molecule has 3 aromatic carbocycles. The minimum atomic E-state index is 0.838. The molecule has 0 spiro atoms. The standard InChI is InChI=1S/C22H21NO/c1-3-8-19(9-4-1)10-7-17-23-18-20-13-15-22(16-14-20)24-21-11-5-2-6-12-21/h1-16,23H,17-18H2. The van der Waals surface area contributed by atoms with Crippen LogP contribution in [0.5, 0.6) is 11.5 Å². The largest absolute Gasteiger partial charge is 0.457 e.